The van der Waals surface area contributed by atoms with E-state index in [1.54, 1.807) is 42.0 Å². The van der Waals surface area contributed by atoms with Gasteiger partial charge >= 0.3 is 0 Å². The molecule has 7 nitrogen and oxygen atoms in total. The molecule has 4 aromatic rings. The number of aromatic amines is 1. The van der Waals surface area contributed by atoms with Crippen molar-refractivity contribution in [2.75, 3.05) is 11.6 Å². The number of nitrogens with zero attached hydrogens (tertiary/aromatic N) is 3. The fourth-order valence-electron chi connectivity index (χ4n) is 3.74. The van der Waals surface area contributed by atoms with E-state index < -0.39 is 28.7 Å². The normalized spacial score (nSPS) is 19.3. The molecule has 1 amide bonds. The Bertz CT molecular complexity index is 1360. The van der Waals surface area contributed by atoms with Crippen molar-refractivity contribution < 1.29 is 17.8 Å². The summed E-state index contributed by atoms with van der Waals surface area (Å²) in [5.41, 5.74) is 2.68. The van der Waals surface area contributed by atoms with Gasteiger partial charge in [0.2, 0.25) is 5.91 Å². The molecule has 0 radical (unpaired) electrons. The molecule has 1 unspecified atom stereocenters. The van der Waals surface area contributed by atoms with Gasteiger partial charge in [-0.15, -0.1) is 0 Å². The number of anilines is 1. The lowest BCUT2D eigenvalue weighted by molar-refractivity contribution is -0.117. The molecule has 3 heterocycles. The first-order valence-electron chi connectivity index (χ1n) is 9.27. The number of aromatic nitrogens is 4. The number of hydrogen-bond acceptors (Lipinski definition) is 4. The summed E-state index contributed by atoms with van der Waals surface area (Å²) in [6.07, 6.45) is 5.57. The summed E-state index contributed by atoms with van der Waals surface area (Å²) in [4.78, 5) is 16.4. The van der Waals surface area contributed by atoms with Crippen LogP contribution in [0.4, 0.5) is 14.6 Å². The Labute approximate surface area is 172 Å². The van der Waals surface area contributed by atoms with E-state index in [2.05, 4.69) is 20.5 Å². The number of hydrogen-bond donors (Lipinski definition) is 2. The molecule has 1 fully saturated rings. The number of rotatable bonds is 4. The fourth-order valence-corrected chi connectivity index (χ4v) is 4.59. The highest BCUT2D eigenvalue weighted by Gasteiger charge is 2.43. The first kappa shape index (κ1) is 18.9. The standard InChI is InChI=1S/C20H17F2N5O2S/c1-9-16(12-6-23-26-18(12)19(17(9)22)30(2)29)10-3-4-15-24-14(8-27(15)7-10)25-20(28)11-5-13(11)21/h3-4,6-8,11,13H,5H2,1-2H3,(H,23,26)(H,25,28)/t11-,13+,30?/m1/s1. The van der Waals surface area contributed by atoms with E-state index in [-0.39, 0.29) is 17.2 Å². The average Bonchev–Trinajstić information content (AvgIpc) is 3.08. The van der Waals surface area contributed by atoms with E-state index in [4.69, 9.17) is 0 Å². The van der Waals surface area contributed by atoms with Crippen molar-refractivity contribution in [3.8, 4) is 11.1 Å². The molecule has 0 spiro atoms. The summed E-state index contributed by atoms with van der Waals surface area (Å²) in [6.45, 7) is 1.64. The molecule has 3 aromatic heterocycles. The lowest BCUT2D eigenvalue weighted by Gasteiger charge is -2.12. The highest BCUT2D eigenvalue weighted by Crippen LogP contribution is 2.37. The molecule has 0 saturated heterocycles. The molecule has 2 N–H and O–H groups in total. The van der Waals surface area contributed by atoms with E-state index in [9.17, 15) is 13.4 Å². The zero-order valence-electron chi connectivity index (χ0n) is 16.1. The van der Waals surface area contributed by atoms with Crippen molar-refractivity contribution in [1.29, 1.82) is 0 Å². The van der Waals surface area contributed by atoms with Gasteiger partial charge in [-0.05, 0) is 36.6 Å². The van der Waals surface area contributed by atoms with Crippen LogP contribution in [0.3, 0.4) is 0 Å². The van der Waals surface area contributed by atoms with E-state index in [0.29, 0.717) is 39.1 Å². The van der Waals surface area contributed by atoms with Crippen molar-refractivity contribution in [3.63, 3.8) is 0 Å². The number of H-pyrrole nitrogens is 1. The molecular formula is C20H17F2N5O2S. The molecule has 1 aliphatic rings. The summed E-state index contributed by atoms with van der Waals surface area (Å²) in [6, 6.07) is 3.54. The van der Waals surface area contributed by atoms with Crippen LogP contribution in [0, 0.1) is 18.7 Å². The van der Waals surface area contributed by atoms with Crippen LogP contribution in [0.15, 0.2) is 35.6 Å². The van der Waals surface area contributed by atoms with Gasteiger partial charge < -0.3 is 9.72 Å². The predicted molar refractivity (Wildman–Crippen MR) is 109 cm³/mol. The van der Waals surface area contributed by atoms with Crippen LogP contribution in [-0.2, 0) is 15.6 Å². The molecule has 30 heavy (non-hydrogen) atoms. The third-order valence-electron chi connectivity index (χ3n) is 5.37. The first-order chi connectivity index (χ1) is 14.3. The van der Waals surface area contributed by atoms with Gasteiger partial charge in [-0.1, -0.05) is 0 Å². The van der Waals surface area contributed by atoms with Gasteiger partial charge in [0, 0.05) is 23.4 Å². The van der Waals surface area contributed by atoms with Crippen LogP contribution in [0.1, 0.15) is 12.0 Å². The van der Waals surface area contributed by atoms with Crippen LogP contribution < -0.4 is 5.32 Å². The van der Waals surface area contributed by atoms with Crippen molar-refractivity contribution in [2.24, 2.45) is 5.92 Å². The molecule has 1 aliphatic carbocycles. The Kier molecular flexibility index (Phi) is 4.21. The van der Waals surface area contributed by atoms with Gasteiger partial charge in [-0.3, -0.25) is 14.1 Å². The molecule has 154 valence electrons. The number of nitrogens with one attached hydrogen (secondary N) is 2. The molecule has 3 atom stereocenters. The fraction of sp³-hybridized carbons (Fsp3) is 0.250. The lowest BCUT2D eigenvalue weighted by atomic mass is 9.97. The zero-order valence-corrected chi connectivity index (χ0v) is 16.9. The maximum Gasteiger partial charge on any atom is 0.231 e. The average molecular weight is 429 g/mol. The highest BCUT2D eigenvalue weighted by atomic mass is 32.2. The van der Waals surface area contributed by atoms with Gasteiger partial charge in [-0.25, -0.2) is 13.8 Å². The number of amides is 1. The number of imidazole rings is 1. The molecule has 0 bridgehead atoms. The van der Waals surface area contributed by atoms with Gasteiger partial charge in [0.25, 0.3) is 0 Å². The maximum absolute atomic E-state index is 15.0. The monoisotopic (exact) mass is 429 g/mol. The van der Waals surface area contributed by atoms with Crippen LogP contribution >= 0.6 is 0 Å². The van der Waals surface area contributed by atoms with Gasteiger partial charge in [0.15, 0.2) is 5.82 Å². The van der Waals surface area contributed by atoms with E-state index in [0.717, 1.165) is 0 Å². The minimum atomic E-state index is -1.52. The van der Waals surface area contributed by atoms with Crippen LogP contribution in [0.5, 0.6) is 0 Å². The lowest BCUT2D eigenvalue weighted by Crippen LogP contribution is -2.15. The molecule has 5 rings (SSSR count). The van der Waals surface area contributed by atoms with Crippen LogP contribution in [0.25, 0.3) is 27.7 Å². The van der Waals surface area contributed by atoms with Crippen molar-refractivity contribution in [1.82, 2.24) is 19.6 Å². The summed E-state index contributed by atoms with van der Waals surface area (Å²) >= 11 is 0. The summed E-state index contributed by atoms with van der Waals surface area (Å²) in [5.74, 6) is -1.20. The Morgan fingerprint density at radius 2 is 2.13 bits per heavy atom. The third kappa shape index (κ3) is 2.90. The highest BCUT2D eigenvalue weighted by molar-refractivity contribution is 7.84. The minimum absolute atomic E-state index is 0.101. The molecule has 1 saturated carbocycles. The Balaban J connectivity index is 1.60. The summed E-state index contributed by atoms with van der Waals surface area (Å²) < 4.78 is 41.9. The molecular weight excluding hydrogens is 412 g/mol. The number of fused-ring (bicyclic) bond motifs is 2. The maximum atomic E-state index is 15.0. The quantitative estimate of drug-likeness (QED) is 0.520. The zero-order chi connectivity index (χ0) is 21.2. The first-order valence-corrected chi connectivity index (χ1v) is 10.8. The second-order valence-electron chi connectivity index (χ2n) is 7.41. The summed E-state index contributed by atoms with van der Waals surface area (Å²) in [7, 11) is -1.52. The third-order valence-corrected chi connectivity index (χ3v) is 6.33. The number of halogens is 2. The van der Waals surface area contributed by atoms with Crippen LogP contribution in [-0.4, -0.2) is 42.1 Å². The van der Waals surface area contributed by atoms with Gasteiger partial charge in [0.05, 0.1) is 34.6 Å². The second-order valence-corrected chi connectivity index (χ2v) is 8.73. The van der Waals surface area contributed by atoms with Crippen molar-refractivity contribution in [3.05, 3.63) is 42.1 Å². The number of carbonyl (C=O) groups excluding carboxylic acids is 1. The molecule has 0 aliphatic heterocycles. The van der Waals surface area contributed by atoms with Crippen LogP contribution in [0.2, 0.25) is 0 Å². The topological polar surface area (TPSA) is 92.2 Å². The largest absolute Gasteiger partial charge is 0.309 e. The molecule has 1 aromatic carbocycles. The summed E-state index contributed by atoms with van der Waals surface area (Å²) in [5, 5.41) is 10.1. The Hall–Kier alpha value is -3.14. The predicted octanol–water partition coefficient (Wildman–Crippen LogP) is 3.36. The van der Waals surface area contributed by atoms with Crippen molar-refractivity contribution in [2.45, 2.75) is 24.4 Å². The number of benzene rings is 1. The number of alkyl halides is 1. The van der Waals surface area contributed by atoms with E-state index in [1.165, 1.54) is 6.26 Å². The number of pyridine rings is 1. The Morgan fingerprint density at radius 3 is 2.83 bits per heavy atom. The second kappa shape index (κ2) is 6.69. The van der Waals surface area contributed by atoms with E-state index in [1.807, 2.05) is 0 Å². The minimum Gasteiger partial charge on any atom is -0.309 e. The smallest absolute Gasteiger partial charge is 0.231 e. The van der Waals surface area contributed by atoms with E-state index >= 15 is 4.39 Å². The number of carbonyl (C=O) groups is 1. The van der Waals surface area contributed by atoms with Gasteiger partial charge in [0.1, 0.15) is 22.5 Å². The SMILES string of the molecule is Cc1c(F)c(S(C)=O)c2[nH]ncc2c1-c1ccc2nc(NC(=O)[C@@H]3C[C@@H]3F)cn2c1. The Morgan fingerprint density at radius 1 is 1.37 bits per heavy atom. The molecule has 10 heteroatoms. The van der Waals surface area contributed by atoms with Crippen molar-refractivity contribution >= 4 is 39.1 Å². The van der Waals surface area contributed by atoms with Gasteiger partial charge in [-0.2, -0.15) is 5.10 Å².